The van der Waals surface area contributed by atoms with Gasteiger partial charge in [-0.05, 0) is 30.7 Å². The maximum absolute atomic E-state index is 13.0. The molecular weight excluding hydrogens is 455 g/mol. The second-order valence-electron chi connectivity index (χ2n) is 6.73. The largest absolute Gasteiger partial charge is 0.493 e. The van der Waals surface area contributed by atoms with E-state index in [-0.39, 0.29) is 30.0 Å². The van der Waals surface area contributed by atoms with Gasteiger partial charge in [0.05, 0.1) is 41.6 Å². The highest BCUT2D eigenvalue weighted by Crippen LogP contribution is 2.33. The number of benzene rings is 2. The molecule has 32 heavy (non-hydrogen) atoms. The number of thiazole rings is 1. The SMILES string of the molecule is C#CCn1c(=NC(=O)CCCS(=O)(=O)c2ccc(F)cc2)sc2cc(OC)c(OC)cc21. The van der Waals surface area contributed by atoms with Crippen LogP contribution in [-0.2, 0) is 21.2 Å². The zero-order chi connectivity index (χ0) is 23.3. The van der Waals surface area contributed by atoms with Gasteiger partial charge in [-0.3, -0.25) is 4.79 Å². The molecule has 2 aromatic carbocycles. The number of rotatable bonds is 8. The van der Waals surface area contributed by atoms with Gasteiger partial charge in [0, 0.05) is 18.6 Å². The minimum absolute atomic E-state index is 0.0163. The molecule has 0 saturated heterocycles. The van der Waals surface area contributed by atoms with Gasteiger partial charge in [0.2, 0.25) is 5.91 Å². The first-order valence-electron chi connectivity index (χ1n) is 9.53. The molecule has 0 atom stereocenters. The van der Waals surface area contributed by atoms with E-state index in [0.717, 1.165) is 22.3 Å². The summed E-state index contributed by atoms with van der Waals surface area (Å²) < 4.78 is 50.9. The Morgan fingerprint density at radius 3 is 2.47 bits per heavy atom. The first kappa shape index (κ1) is 23.5. The van der Waals surface area contributed by atoms with E-state index in [4.69, 9.17) is 15.9 Å². The number of terminal acetylenes is 1. The van der Waals surface area contributed by atoms with Crippen LogP contribution in [0.2, 0.25) is 0 Å². The van der Waals surface area contributed by atoms with E-state index in [0.29, 0.717) is 16.3 Å². The van der Waals surface area contributed by atoms with Crippen LogP contribution in [0.1, 0.15) is 12.8 Å². The fourth-order valence-electron chi connectivity index (χ4n) is 3.06. The highest BCUT2D eigenvalue weighted by molar-refractivity contribution is 7.91. The van der Waals surface area contributed by atoms with Crippen molar-refractivity contribution in [3.63, 3.8) is 0 Å². The van der Waals surface area contributed by atoms with E-state index in [1.165, 1.54) is 37.7 Å². The average Bonchev–Trinajstić information content (AvgIpc) is 3.08. The summed E-state index contributed by atoms with van der Waals surface area (Å²) in [6.45, 7) is 0.195. The summed E-state index contributed by atoms with van der Waals surface area (Å²) in [6, 6.07) is 8.14. The molecule has 0 N–H and O–H groups in total. The van der Waals surface area contributed by atoms with Crippen molar-refractivity contribution in [3.8, 4) is 23.8 Å². The molecule has 1 amide bonds. The zero-order valence-electron chi connectivity index (χ0n) is 17.5. The molecule has 0 bridgehead atoms. The average molecular weight is 477 g/mol. The van der Waals surface area contributed by atoms with E-state index >= 15 is 0 Å². The molecule has 0 spiro atoms. The number of fused-ring (bicyclic) bond motifs is 1. The van der Waals surface area contributed by atoms with Crippen molar-refractivity contribution in [2.75, 3.05) is 20.0 Å². The molecule has 7 nitrogen and oxygen atoms in total. The maximum atomic E-state index is 13.0. The van der Waals surface area contributed by atoms with Crippen molar-refractivity contribution in [3.05, 3.63) is 47.0 Å². The summed E-state index contributed by atoms with van der Waals surface area (Å²) in [4.78, 5) is 17.0. The van der Waals surface area contributed by atoms with E-state index in [2.05, 4.69) is 10.9 Å². The van der Waals surface area contributed by atoms with Crippen LogP contribution in [0.4, 0.5) is 4.39 Å². The van der Waals surface area contributed by atoms with Gasteiger partial charge in [-0.25, -0.2) is 12.8 Å². The monoisotopic (exact) mass is 476 g/mol. The van der Waals surface area contributed by atoms with Crippen molar-refractivity contribution in [2.45, 2.75) is 24.3 Å². The lowest BCUT2D eigenvalue weighted by atomic mass is 10.3. The minimum atomic E-state index is -3.62. The third kappa shape index (κ3) is 5.18. The molecule has 0 unspecified atom stereocenters. The van der Waals surface area contributed by atoms with Crippen LogP contribution in [0.15, 0.2) is 46.3 Å². The van der Waals surface area contributed by atoms with E-state index in [9.17, 15) is 17.6 Å². The van der Waals surface area contributed by atoms with Gasteiger partial charge in [-0.2, -0.15) is 4.99 Å². The molecule has 3 aromatic rings. The Morgan fingerprint density at radius 1 is 1.19 bits per heavy atom. The lowest BCUT2D eigenvalue weighted by molar-refractivity contribution is -0.118. The Hall–Kier alpha value is -3.16. The number of halogens is 1. The van der Waals surface area contributed by atoms with Crippen LogP contribution < -0.4 is 14.3 Å². The van der Waals surface area contributed by atoms with Gasteiger partial charge < -0.3 is 14.0 Å². The predicted octanol–water partition coefficient (Wildman–Crippen LogP) is 3.17. The van der Waals surface area contributed by atoms with Crippen molar-refractivity contribution in [1.82, 2.24) is 4.57 Å². The van der Waals surface area contributed by atoms with Crippen LogP contribution >= 0.6 is 11.3 Å². The molecule has 1 aromatic heterocycles. The smallest absolute Gasteiger partial charge is 0.248 e. The lowest BCUT2D eigenvalue weighted by Gasteiger charge is -2.08. The van der Waals surface area contributed by atoms with Crippen molar-refractivity contribution < 1.29 is 27.1 Å². The first-order valence-corrected chi connectivity index (χ1v) is 12.0. The zero-order valence-corrected chi connectivity index (χ0v) is 19.1. The highest BCUT2D eigenvalue weighted by atomic mass is 32.2. The van der Waals surface area contributed by atoms with Gasteiger partial charge in [0.25, 0.3) is 0 Å². The van der Waals surface area contributed by atoms with E-state index < -0.39 is 21.6 Å². The van der Waals surface area contributed by atoms with Crippen LogP contribution in [-0.4, -0.2) is 38.9 Å². The lowest BCUT2D eigenvalue weighted by Crippen LogP contribution is -2.17. The molecular formula is C22H21FN2O5S2. The number of methoxy groups -OCH3 is 2. The Kier molecular flexibility index (Phi) is 7.33. The fourth-order valence-corrected chi connectivity index (χ4v) is 5.43. The number of sulfone groups is 1. The van der Waals surface area contributed by atoms with Crippen LogP contribution in [0.25, 0.3) is 10.2 Å². The third-order valence-electron chi connectivity index (χ3n) is 4.63. The highest BCUT2D eigenvalue weighted by Gasteiger charge is 2.16. The standard InChI is InChI=1S/C22H21FN2O5S2/c1-4-11-25-17-13-18(29-2)19(30-3)14-20(17)31-22(25)24-21(26)6-5-12-32(27,28)16-9-7-15(23)8-10-16/h1,7-10,13-14H,5-6,11-12H2,2-3H3. The second-order valence-corrected chi connectivity index (χ2v) is 9.85. The molecule has 3 rings (SSSR count). The number of aromatic nitrogens is 1. The number of hydrogen-bond donors (Lipinski definition) is 0. The molecule has 168 valence electrons. The van der Waals surface area contributed by atoms with Crippen LogP contribution in [0, 0.1) is 18.2 Å². The minimum Gasteiger partial charge on any atom is -0.493 e. The summed E-state index contributed by atoms with van der Waals surface area (Å²) in [5, 5.41) is 0. The number of nitrogens with zero attached hydrogens (tertiary/aromatic N) is 2. The molecule has 0 aliphatic heterocycles. The van der Waals surface area contributed by atoms with Crippen molar-refractivity contribution >= 4 is 37.3 Å². The van der Waals surface area contributed by atoms with Crippen molar-refractivity contribution in [1.29, 1.82) is 0 Å². The Morgan fingerprint density at radius 2 is 1.84 bits per heavy atom. The Balaban J connectivity index is 1.81. The van der Waals surface area contributed by atoms with Crippen LogP contribution in [0.5, 0.6) is 11.5 Å². The summed E-state index contributed by atoms with van der Waals surface area (Å²) in [5.41, 5.74) is 0.746. The molecule has 0 fully saturated rings. The second kappa shape index (κ2) is 9.97. The maximum Gasteiger partial charge on any atom is 0.248 e. The fraction of sp³-hybridized carbons (Fsp3) is 0.273. The number of amides is 1. The summed E-state index contributed by atoms with van der Waals surface area (Å²) >= 11 is 1.27. The van der Waals surface area contributed by atoms with E-state index in [1.807, 2.05) is 0 Å². The topological polar surface area (TPSA) is 87.0 Å². The Labute approximate surface area is 189 Å². The number of ether oxygens (including phenoxy) is 2. The first-order chi connectivity index (χ1) is 15.3. The normalized spacial score (nSPS) is 12.0. The van der Waals surface area contributed by atoms with Crippen molar-refractivity contribution in [2.24, 2.45) is 4.99 Å². The van der Waals surface area contributed by atoms with Crippen LogP contribution in [0.3, 0.4) is 0 Å². The predicted molar refractivity (Wildman–Crippen MR) is 120 cm³/mol. The summed E-state index contributed by atoms with van der Waals surface area (Å²) in [5.74, 6) is 2.38. The van der Waals surface area contributed by atoms with Gasteiger partial charge in [-0.15, -0.1) is 6.42 Å². The summed E-state index contributed by atoms with van der Waals surface area (Å²) in [6.07, 6.45) is 5.52. The summed E-state index contributed by atoms with van der Waals surface area (Å²) in [7, 11) is -0.562. The van der Waals surface area contributed by atoms with Gasteiger partial charge in [-0.1, -0.05) is 17.3 Å². The van der Waals surface area contributed by atoms with Gasteiger partial charge in [0.1, 0.15) is 5.82 Å². The third-order valence-corrected chi connectivity index (χ3v) is 7.49. The van der Waals surface area contributed by atoms with E-state index in [1.54, 1.807) is 16.7 Å². The van der Waals surface area contributed by atoms with Gasteiger partial charge in [0.15, 0.2) is 26.1 Å². The molecule has 0 aliphatic rings. The quantitative estimate of drug-likeness (QED) is 0.368. The molecule has 10 heteroatoms. The number of hydrogen-bond acceptors (Lipinski definition) is 6. The Bertz CT molecular complexity index is 1350. The van der Waals surface area contributed by atoms with Gasteiger partial charge >= 0.3 is 0 Å². The number of carbonyl (C=O) groups is 1. The molecule has 1 heterocycles. The number of carbonyl (C=O) groups excluding carboxylic acids is 1. The molecule has 0 radical (unpaired) electrons. The molecule has 0 aliphatic carbocycles. The molecule has 0 saturated carbocycles.